The monoisotopic (exact) mass is 471 g/mol. The third kappa shape index (κ3) is 5.36. The van der Waals surface area contributed by atoms with Crippen LogP contribution in [0.15, 0.2) is 18.2 Å². The van der Waals surface area contributed by atoms with Crippen LogP contribution in [-0.4, -0.2) is 88.7 Å². The molecule has 9 heteroatoms. The van der Waals surface area contributed by atoms with Gasteiger partial charge in [0.2, 0.25) is 18.2 Å². The molecule has 1 N–H and O–H groups in total. The highest BCUT2D eigenvalue weighted by Gasteiger charge is 2.34. The number of likely N-dealkylation sites (tertiary alicyclic amines) is 1. The average molecular weight is 472 g/mol. The van der Waals surface area contributed by atoms with E-state index in [1.165, 1.54) is 4.90 Å². The fourth-order valence-electron chi connectivity index (χ4n) is 5.31. The normalized spacial score (nSPS) is 23.0. The SMILES string of the molecule is CN1CCC(OC2CCN(c3cccc(N(C=O)C4CCC(=O)NC4=O)c3N(C)C)CC2)CC1. The molecule has 1 atom stereocenters. The molecule has 1 unspecified atom stereocenters. The minimum Gasteiger partial charge on any atom is -0.375 e. The molecule has 186 valence electrons. The molecule has 3 saturated heterocycles. The Labute approximate surface area is 202 Å². The van der Waals surface area contributed by atoms with Crippen molar-refractivity contribution in [2.45, 2.75) is 56.8 Å². The number of amides is 3. The van der Waals surface area contributed by atoms with Crippen molar-refractivity contribution in [3.63, 3.8) is 0 Å². The van der Waals surface area contributed by atoms with Gasteiger partial charge in [-0.05, 0) is 51.3 Å². The van der Waals surface area contributed by atoms with Crippen molar-refractivity contribution >= 4 is 35.3 Å². The van der Waals surface area contributed by atoms with E-state index >= 15 is 0 Å². The Hall–Kier alpha value is -2.65. The van der Waals surface area contributed by atoms with E-state index in [1.807, 2.05) is 31.1 Å². The highest BCUT2D eigenvalue weighted by atomic mass is 16.5. The molecule has 3 aliphatic heterocycles. The lowest BCUT2D eigenvalue weighted by atomic mass is 10.0. The molecule has 3 aliphatic rings. The second kappa shape index (κ2) is 10.7. The summed E-state index contributed by atoms with van der Waals surface area (Å²) in [4.78, 5) is 44.4. The van der Waals surface area contributed by atoms with E-state index in [9.17, 15) is 14.4 Å². The summed E-state index contributed by atoms with van der Waals surface area (Å²) in [5, 5.41) is 2.36. The van der Waals surface area contributed by atoms with Gasteiger partial charge in [-0.3, -0.25) is 19.7 Å². The summed E-state index contributed by atoms with van der Waals surface area (Å²) in [6, 6.07) is 5.18. The van der Waals surface area contributed by atoms with Crippen molar-refractivity contribution in [1.82, 2.24) is 10.2 Å². The van der Waals surface area contributed by atoms with Crippen molar-refractivity contribution in [3.05, 3.63) is 18.2 Å². The van der Waals surface area contributed by atoms with Crippen LogP contribution in [0.5, 0.6) is 0 Å². The number of piperidine rings is 3. The van der Waals surface area contributed by atoms with Crippen LogP contribution in [0.1, 0.15) is 38.5 Å². The molecule has 1 aromatic carbocycles. The predicted molar refractivity (Wildman–Crippen MR) is 132 cm³/mol. The molecule has 0 radical (unpaired) electrons. The van der Waals surface area contributed by atoms with Crippen LogP contribution in [0.2, 0.25) is 0 Å². The summed E-state index contributed by atoms with van der Waals surface area (Å²) in [5.74, 6) is -0.718. The number of nitrogens with zero attached hydrogens (tertiary/aromatic N) is 4. The van der Waals surface area contributed by atoms with Crippen molar-refractivity contribution in [3.8, 4) is 0 Å². The molecule has 0 aliphatic carbocycles. The fourth-order valence-corrected chi connectivity index (χ4v) is 5.31. The molecule has 9 nitrogen and oxygen atoms in total. The predicted octanol–water partition coefficient (Wildman–Crippen LogP) is 1.60. The number of ether oxygens (including phenoxy) is 1. The number of nitrogens with one attached hydrogen (secondary N) is 1. The lowest BCUT2D eigenvalue weighted by Gasteiger charge is -2.39. The third-order valence-corrected chi connectivity index (χ3v) is 7.21. The van der Waals surface area contributed by atoms with Crippen LogP contribution in [0, 0.1) is 0 Å². The standard InChI is InChI=1S/C25H37N5O4/c1-27(2)24-20(29-15-11-19(12-16-29)34-18-9-13-28(3)14-10-18)5-4-6-21(24)30(17-31)22-7-8-23(32)26-25(22)33/h4-6,17-19,22H,7-16H2,1-3H3,(H,26,32,33). The van der Waals surface area contributed by atoms with Crippen molar-refractivity contribution < 1.29 is 19.1 Å². The number of benzene rings is 1. The first-order valence-electron chi connectivity index (χ1n) is 12.3. The van der Waals surface area contributed by atoms with Gasteiger partial charge in [0.25, 0.3) is 0 Å². The minimum atomic E-state index is -0.696. The quantitative estimate of drug-likeness (QED) is 0.478. The van der Waals surface area contributed by atoms with Gasteiger partial charge in [0.15, 0.2) is 0 Å². The molecule has 0 saturated carbocycles. The first-order chi connectivity index (χ1) is 16.4. The van der Waals surface area contributed by atoms with Crippen LogP contribution in [0.3, 0.4) is 0 Å². The highest BCUT2D eigenvalue weighted by Crippen LogP contribution is 2.40. The Kier molecular flexibility index (Phi) is 7.73. The van der Waals surface area contributed by atoms with Crippen molar-refractivity contribution in [2.24, 2.45) is 0 Å². The summed E-state index contributed by atoms with van der Waals surface area (Å²) in [6.07, 6.45) is 6.03. The van der Waals surface area contributed by atoms with Crippen molar-refractivity contribution in [2.75, 3.05) is 62.0 Å². The molecular weight excluding hydrogens is 434 g/mol. The molecule has 1 aromatic rings. The number of carbonyl (C=O) groups excluding carboxylic acids is 3. The van der Waals surface area contributed by atoms with Crippen LogP contribution < -0.4 is 20.0 Å². The zero-order valence-corrected chi connectivity index (χ0v) is 20.5. The maximum Gasteiger partial charge on any atom is 0.249 e. The molecule has 0 spiro atoms. The van der Waals surface area contributed by atoms with Gasteiger partial charge < -0.3 is 24.3 Å². The van der Waals surface area contributed by atoms with Gasteiger partial charge in [-0.25, -0.2) is 0 Å². The highest BCUT2D eigenvalue weighted by molar-refractivity contribution is 6.05. The first kappa shape index (κ1) is 24.5. The Morgan fingerprint density at radius 2 is 1.65 bits per heavy atom. The molecule has 3 fully saturated rings. The molecule has 0 aromatic heterocycles. The molecule has 3 heterocycles. The van der Waals surface area contributed by atoms with Crippen LogP contribution in [0.4, 0.5) is 17.1 Å². The van der Waals surface area contributed by atoms with E-state index in [2.05, 4.69) is 28.2 Å². The van der Waals surface area contributed by atoms with E-state index in [-0.39, 0.29) is 18.4 Å². The lowest BCUT2D eigenvalue weighted by molar-refractivity contribution is -0.134. The van der Waals surface area contributed by atoms with E-state index in [0.29, 0.717) is 24.6 Å². The van der Waals surface area contributed by atoms with Gasteiger partial charge in [0, 0.05) is 46.7 Å². The molecule has 3 amide bonds. The molecular formula is C25H37N5O4. The number of anilines is 3. The molecule has 0 bridgehead atoms. The van der Waals surface area contributed by atoms with Gasteiger partial charge in [-0.1, -0.05) is 6.07 Å². The zero-order chi connectivity index (χ0) is 24.2. The second-order valence-electron chi connectivity index (χ2n) is 9.84. The van der Waals surface area contributed by atoms with Gasteiger partial charge in [0.1, 0.15) is 6.04 Å². The zero-order valence-electron chi connectivity index (χ0n) is 20.5. The Morgan fingerprint density at radius 1 is 1.00 bits per heavy atom. The topological polar surface area (TPSA) is 85.4 Å². The maximum absolute atomic E-state index is 12.5. The number of hydrogen-bond acceptors (Lipinski definition) is 7. The van der Waals surface area contributed by atoms with Gasteiger partial charge in [-0.2, -0.15) is 0 Å². The number of rotatable bonds is 7. The Morgan fingerprint density at radius 3 is 2.24 bits per heavy atom. The second-order valence-corrected chi connectivity index (χ2v) is 9.84. The van der Waals surface area contributed by atoms with Gasteiger partial charge >= 0.3 is 0 Å². The molecule has 4 rings (SSSR count). The number of hydrogen-bond donors (Lipinski definition) is 1. The fraction of sp³-hybridized carbons (Fsp3) is 0.640. The smallest absolute Gasteiger partial charge is 0.249 e. The van der Waals surface area contributed by atoms with Crippen LogP contribution in [-0.2, 0) is 19.1 Å². The van der Waals surface area contributed by atoms with E-state index in [1.54, 1.807) is 0 Å². The van der Waals surface area contributed by atoms with Crippen molar-refractivity contribution in [1.29, 1.82) is 0 Å². The van der Waals surface area contributed by atoms with E-state index in [4.69, 9.17) is 4.74 Å². The van der Waals surface area contributed by atoms with Crippen LogP contribution in [0.25, 0.3) is 0 Å². The lowest BCUT2D eigenvalue weighted by Crippen LogP contribution is -2.52. The number of imide groups is 1. The summed E-state index contributed by atoms with van der Waals surface area (Å²) < 4.78 is 6.43. The summed E-state index contributed by atoms with van der Waals surface area (Å²) >= 11 is 0. The number of para-hydroxylation sites is 1. The van der Waals surface area contributed by atoms with Crippen LogP contribution >= 0.6 is 0 Å². The first-order valence-corrected chi connectivity index (χ1v) is 12.3. The summed E-state index contributed by atoms with van der Waals surface area (Å²) in [5.41, 5.74) is 2.62. The Balaban J connectivity index is 1.49. The summed E-state index contributed by atoms with van der Waals surface area (Å²) in [6.45, 7) is 3.95. The third-order valence-electron chi connectivity index (χ3n) is 7.21. The van der Waals surface area contributed by atoms with E-state index in [0.717, 1.165) is 63.2 Å². The maximum atomic E-state index is 12.5. The average Bonchev–Trinajstić information content (AvgIpc) is 2.82. The Bertz CT molecular complexity index is 891. The van der Waals surface area contributed by atoms with Gasteiger partial charge in [-0.15, -0.1) is 0 Å². The summed E-state index contributed by atoms with van der Waals surface area (Å²) in [7, 11) is 6.06. The van der Waals surface area contributed by atoms with Gasteiger partial charge in [0.05, 0.1) is 29.3 Å². The molecule has 34 heavy (non-hydrogen) atoms. The van der Waals surface area contributed by atoms with E-state index < -0.39 is 11.9 Å². The minimum absolute atomic E-state index is 0.225. The largest absolute Gasteiger partial charge is 0.375 e. The number of carbonyl (C=O) groups is 3.